The van der Waals surface area contributed by atoms with Crippen molar-refractivity contribution in [3.05, 3.63) is 30.2 Å². The first-order valence-corrected chi connectivity index (χ1v) is 10.7. The molecule has 2 aromatic heterocycles. The van der Waals surface area contributed by atoms with Crippen LogP contribution in [0.15, 0.2) is 24.4 Å². The second-order valence-corrected chi connectivity index (χ2v) is 8.14. The summed E-state index contributed by atoms with van der Waals surface area (Å²) in [5.41, 5.74) is 2.69. The minimum absolute atomic E-state index is 0.0264. The number of hydrogen-bond acceptors (Lipinski definition) is 5. The molecule has 1 fully saturated rings. The quantitative estimate of drug-likeness (QED) is 0.581. The Balaban J connectivity index is 1.87. The van der Waals surface area contributed by atoms with Crippen LogP contribution >= 0.6 is 0 Å². The van der Waals surface area contributed by atoms with Gasteiger partial charge in [-0.05, 0) is 50.8 Å². The van der Waals surface area contributed by atoms with E-state index >= 15 is 0 Å². The van der Waals surface area contributed by atoms with Gasteiger partial charge in [0.1, 0.15) is 17.1 Å². The lowest BCUT2D eigenvalue weighted by molar-refractivity contribution is -0.120. The zero-order valence-corrected chi connectivity index (χ0v) is 18.1. The van der Waals surface area contributed by atoms with Crippen molar-refractivity contribution in [1.29, 1.82) is 0 Å². The lowest BCUT2D eigenvalue weighted by Gasteiger charge is -2.24. The molecule has 4 rings (SSSR count). The SMILES string of the molecule is CC[C@H](C[C@@H](C)OC)n1c(CC(=O)NC2CC2)nc2cnc3ccc(OC)cc3c21. The maximum absolute atomic E-state index is 12.6. The van der Waals surface area contributed by atoms with E-state index in [2.05, 4.69) is 28.7 Å². The second kappa shape index (κ2) is 8.60. The topological polar surface area (TPSA) is 78.3 Å². The predicted octanol–water partition coefficient (Wildman–Crippen LogP) is 3.79. The summed E-state index contributed by atoms with van der Waals surface area (Å²) in [6.07, 6.45) is 6.04. The first-order chi connectivity index (χ1) is 14.5. The van der Waals surface area contributed by atoms with Crippen LogP contribution in [0.4, 0.5) is 0 Å². The van der Waals surface area contributed by atoms with Crippen LogP contribution in [0, 0.1) is 0 Å². The number of nitrogens with one attached hydrogen (secondary N) is 1. The molecule has 3 aromatic rings. The molecule has 30 heavy (non-hydrogen) atoms. The molecule has 160 valence electrons. The first-order valence-electron chi connectivity index (χ1n) is 10.7. The van der Waals surface area contributed by atoms with Crippen LogP contribution in [0.2, 0.25) is 0 Å². The average Bonchev–Trinajstić information content (AvgIpc) is 3.49. The zero-order chi connectivity index (χ0) is 21.3. The van der Waals surface area contributed by atoms with E-state index < -0.39 is 0 Å². The summed E-state index contributed by atoms with van der Waals surface area (Å²) < 4.78 is 13.3. The number of benzene rings is 1. The normalized spacial score (nSPS) is 16.0. The average molecular weight is 411 g/mol. The third-order valence-electron chi connectivity index (χ3n) is 5.90. The Morgan fingerprint density at radius 3 is 2.77 bits per heavy atom. The van der Waals surface area contributed by atoms with Gasteiger partial charge in [0, 0.05) is 24.6 Å². The second-order valence-electron chi connectivity index (χ2n) is 8.14. The van der Waals surface area contributed by atoms with Crippen molar-refractivity contribution in [1.82, 2.24) is 19.9 Å². The fourth-order valence-electron chi connectivity index (χ4n) is 4.03. The molecule has 0 aliphatic heterocycles. The number of carbonyl (C=O) groups is 1. The molecule has 0 radical (unpaired) electrons. The van der Waals surface area contributed by atoms with Crippen LogP contribution in [-0.2, 0) is 16.0 Å². The van der Waals surface area contributed by atoms with Gasteiger partial charge in [-0.1, -0.05) is 6.92 Å². The Morgan fingerprint density at radius 1 is 1.30 bits per heavy atom. The number of hydrogen-bond donors (Lipinski definition) is 1. The number of imidazole rings is 1. The molecule has 0 saturated heterocycles. The monoisotopic (exact) mass is 410 g/mol. The number of rotatable bonds is 9. The fraction of sp³-hybridized carbons (Fsp3) is 0.522. The molecule has 1 aliphatic carbocycles. The fourth-order valence-corrected chi connectivity index (χ4v) is 4.03. The summed E-state index contributed by atoms with van der Waals surface area (Å²) in [6.45, 7) is 4.24. The summed E-state index contributed by atoms with van der Waals surface area (Å²) in [7, 11) is 3.40. The predicted molar refractivity (Wildman–Crippen MR) is 117 cm³/mol. The number of pyridine rings is 1. The molecule has 0 bridgehead atoms. The molecule has 0 unspecified atom stereocenters. The number of fused-ring (bicyclic) bond motifs is 3. The summed E-state index contributed by atoms with van der Waals surface area (Å²) in [4.78, 5) is 22.0. The van der Waals surface area contributed by atoms with Crippen LogP contribution < -0.4 is 10.1 Å². The maximum atomic E-state index is 12.6. The van der Waals surface area contributed by atoms with Gasteiger partial charge in [0.05, 0.1) is 36.9 Å². The standard InChI is InChI=1S/C23H30N4O3/c1-5-16(10-14(2)29-3)27-21(12-22(28)25-15-6-7-15)26-20-13-24-19-9-8-17(30-4)11-18(19)23(20)27/h8-9,11,13-16H,5-7,10,12H2,1-4H3,(H,25,28)/t14-,16-/m1/s1. The zero-order valence-electron chi connectivity index (χ0n) is 18.1. The van der Waals surface area contributed by atoms with Gasteiger partial charge in [0.2, 0.25) is 5.91 Å². The van der Waals surface area contributed by atoms with Gasteiger partial charge >= 0.3 is 0 Å². The van der Waals surface area contributed by atoms with E-state index in [-0.39, 0.29) is 24.5 Å². The summed E-state index contributed by atoms with van der Waals surface area (Å²) in [5.74, 6) is 1.57. The molecule has 1 amide bonds. The van der Waals surface area contributed by atoms with Crippen molar-refractivity contribution in [2.45, 2.75) is 64.1 Å². The molecule has 1 N–H and O–H groups in total. The minimum Gasteiger partial charge on any atom is -0.497 e. The molecule has 2 heterocycles. The smallest absolute Gasteiger partial charge is 0.227 e. The van der Waals surface area contributed by atoms with Crippen LogP contribution in [0.5, 0.6) is 5.75 Å². The highest BCUT2D eigenvalue weighted by Crippen LogP contribution is 2.33. The van der Waals surface area contributed by atoms with Gasteiger partial charge in [0.15, 0.2) is 0 Å². The number of methoxy groups -OCH3 is 2. The lowest BCUT2D eigenvalue weighted by Crippen LogP contribution is -2.29. The van der Waals surface area contributed by atoms with Crippen LogP contribution in [0.25, 0.3) is 21.9 Å². The summed E-state index contributed by atoms with van der Waals surface area (Å²) in [5, 5.41) is 4.07. The number of ether oxygens (including phenoxy) is 2. The highest BCUT2D eigenvalue weighted by atomic mass is 16.5. The van der Waals surface area contributed by atoms with E-state index in [9.17, 15) is 4.79 Å². The molecule has 7 heteroatoms. The van der Waals surface area contributed by atoms with Gasteiger partial charge < -0.3 is 19.4 Å². The molecular weight excluding hydrogens is 380 g/mol. The van der Waals surface area contributed by atoms with Crippen molar-refractivity contribution < 1.29 is 14.3 Å². The highest BCUT2D eigenvalue weighted by Gasteiger charge is 2.27. The third kappa shape index (κ3) is 4.12. The highest BCUT2D eigenvalue weighted by molar-refractivity contribution is 6.03. The minimum atomic E-state index is 0.0264. The number of aromatic nitrogens is 3. The van der Waals surface area contributed by atoms with E-state index in [1.807, 2.05) is 18.2 Å². The van der Waals surface area contributed by atoms with Crippen molar-refractivity contribution in [2.24, 2.45) is 0 Å². The Hall–Kier alpha value is -2.67. The molecule has 0 spiro atoms. The van der Waals surface area contributed by atoms with E-state index in [0.29, 0.717) is 6.04 Å². The van der Waals surface area contributed by atoms with Crippen LogP contribution in [0.1, 0.15) is 51.4 Å². The van der Waals surface area contributed by atoms with E-state index in [0.717, 1.165) is 59.2 Å². The Labute approximate surface area is 176 Å². The molecule has 1 saturated carbocycles. The molecule has 1 aromatic carbocycles. The summed E-state index contributed by atoms with van der Waals surface area (Å²) in [6, 6.07) is 6.37. The van der Waals surface area contributed by atoms with Crippen LogP contribution in [0.3, 0.4) is 0 Å². The van der Waals surface area contributed by atoms with Crippen molar-refractivity contribution in [3.63, 3.8) is 0 Å². The Kier molecular flexibility index (Phi) is 5.90. The number of nitrogens with zero attached hydrogens (tertiary/aromatic N) is 3. The van der Waals surface area contributed by atoms with Gasteiger partial charge in [-0.25, -0.2) is 4.98 Å². The first kappa shape index (κ1) is 20.6. The third-order valence-corrected chi connectivity index (χ3v) is 5.90. The summed E-state index contributed by atoms with van der Waals surface area (Å²) >= 11 is 0. The largest absolute Gasteiger partial charge is 0.497 e. The van der Waals surface area contributed by atoms with E-state index in [1.165, 1.54) is 0 Å². The van der Waals surface area contributed by atoms with Gasteiger partial charge in [-0.15, -0.1) is 0 Å². The molecule has 7 nitrogen and oxygen atoms in total. The van der Waals surface area contributed by atoms with Crippen molar-refractivity contribution in [3.8, 4) is 5.75 Å². The molecule has 1 aliphatic rings. The maximum Gasteiger partial charge on any atom is 0.227 e. The van der Waals surface area contributed by atoms with Gasteiger partial charge in [-0.2, -0.15) is 0 Å². The molecular formula is C23H30N4O3. The van der Waals surface area contributed by atoms with Gasteiger partial charge in [0.25, 0.3) is 0 Å². The Bertz CT molecular complexity index is 1060. The molecule has 2 atom stereocenters. The van der Waals surface area contributed by atoms with Crippen molar-refractivity contribution >= 4 is 27.8 Å². The van der Waals surface area contributed by atoms with Crippen molar-refractivity contribution in [2.75, 3.05) is 14.2 Å². The number of carbonyl (C=O) groups excluding carboxylic acids is 1. The van der Waals surface area contributed by atoms with Gasteiger partial charge in [-0.3, -0.25) is 9.78 Å². The number of amides is 1. The lowest BCUT2D eigenvalue weighted by atomic mass is 10.1. The van der Waals surface area contributed by atoms with E-state index in [1.54, 1.807) is 20.4 Å². The van der Waals surface area contributed by atoms with Crippen LogP contribution in [-0.4, -0.2) is 46.8 Å². The van der Waals surface area contributed by atoms with E-state index in [4.69, 9.17) is 14.5 Å². The Morgan fingerprint density at radius 2 is 2.10 bits per heavy atom.